The summed E-state index contributed by atoms with van der Waals surface area (Å²) in [6, 6.07) is 11.0. The fourth-order valence-electron chi connectivity index (χ4n) is 2.18. The Hall–Kier alpha value is -2.95. The fraction of sp³-hybridized carbons (Fsp3) is 0.0625. The normalized spacial score (nSPS) is 10.5. The molecule has 0 aliphatic heterocycles. The van der Waals surface area contributed by atoms with Gasteiger partial charge in [0, 0.05) is 41.6 Å². The summed E-state index contributed by atoms with van der Waals surface area (Å²) < 4.78 is 0. The molecule has 0 saturated carbocycles. The smallest absolute Gasteiger partial charge is 0.270 e. The molecule has 0 aliphatic rings. The monoisotopic (exact) mass is 278 g/mol. The maximum absolute atomic E-state index is 12.3. The molecule has 0 fully saturated rings. The van der Waals surface area contributed by atoms with Crippen molar-refractivity contribution < 1.29 is 4.79 Å². The van der Waals surface area contributed by atoms with E-state index in [0.717, 1.165) is 16.3 Å². The lowest BCUT2D eigenvalue weighted by molar-refractivity contribution is 0.0948. The van der Waals surface area contributed by atoms with Crippen LogP contribution in [0.3, 0.4) is 0 Å². The molecule has 3 rings (SSSR count). The van der Waals surface area contributed by atoms with E-state index in [1.165, 1.54) is 0 Å². The Morgan fingerprint density at radius 3 is 2.81 bits per heavy atom. The molecule has 1 aromatic carbocycles. The summed E-state index contributed by atoms with van der Waals surface area (Å²) >= 11 is 0. The molecular formula is C16H14N4O. The first kappa shape index (κ1) is 13.1. The van der Waals surface area contributed by atoms with E-state index in [-0.39, 0.29) is 5.91 Å². The number of benzene rings is 1. The third-order valence-corrected chi connectivity index (χ3v) is 3.23. The SMILES string of the molecule is Nc1cccc2c(C(=O)NCc3cccnc3)nccc12. The van der Waals surface area contributed by atoms with E-state index in [9.17, 15) is 4.79 Å². The van der Waals surface area contributed by atoms with Crippen LogP contribution >= 0.6 is 0 Å². The minimum Gasteiger partial charge on any atom is -0.398 e. The molecule has 0 radical (unpaired) electrons. The summed E-state index contributed by atoms with van der Waals surface area (Å²) in [5, 5.41) is 4.43. The summed E-state index contributed by atoms with van der Waals surface area (Å²) in [6.07, 6.45) is 5.01. The molecule has 2 heterocycles. The van der Waals surface area contributed by atoms with Crippen LogP contribution < -0.4 is 11.1 Å². The Morgan fingerprint density at radius 1 is 1.10 bits per heavy atom. The van der Waals surface area contributed by atoms with Crippen molar-refractivity contribution in [1.82, 2.24) is 15.3 Å². The van der Waals surface area contributed by atoms with Gasteiger partial charge in [-0.25, -0.2) is 0 Å². The number of rotatable bonds is 3. The Kier molecular flexibility index (Phi) is 3.47. The predicted octanol–water partition coefficient (Wildman–Crippen LogP) is 2.14. The average Bonchev–Trinajstić information content (AvgIpc) is 2.53. The molecular weight excluding hydrogens is 264 g/mol. The first-order valence-electron chi connectivity index (χ1n) is 6.56. The van der Waals surface area contributed by atoms with E-state index < -0.39 is 0 Å². The number of carbonyl (C=O) groups is 1. The van der Waals surface area contributed by atoms with E-state index >= 15 is 0 Å². The van der Waals surface area contributed by atoms with Crippen LogP contribution in [-0.2, 0) is 6.54 Å². The minimum absolute atomic E-state index is 0.227. The number of carbonyl (C=O) groups excluding carboxylic acids is 1. The second-order valence-electron chi connectivity index (χ2n) is 4.65. The zero-order valence-corrected chi connectivity index (χ0v) is 11.3. The van der Waals surface area contributed by atoms with Crippen molar-refractivity contribution in [1.29, 1.82) is 0 Å². The van der Waals surface area contributed by atoms with Crippen molar-refractivity contribution in [2.24, 2.45) is 0 Å². The summed E-state index contributed by atoms with van der Waals surface area (Å²) in [7, 11) is 0. The fourth-order valence-corrected chi connectivity index (χ4v) is 2.18. The molecule has 5 heteroatoms. The van der Waals surface area contributed by atoms with Gasteiger partial charge in [0.1, 0.15) is 5.69 Å². The first-order valence-corrected chi connectivity index (χ1v) is 6.56. The summed E-state index contributed by atoms with van der Waals surface area (Å²) in [6.45, 7) is 0.410. The average molecular weight is 278 g/mol. The van der Waals surface area contributed by atoms with Crippen molar-refractivity contribution in [2.45, 2.75) is 6.54 Å². The van der Waals surface area contributed by atoms with Gasteiger partial charge in [-0.3, -0.25) is 14.8 Å². The molecule has 2 aromatic heterocycles. The van der Waals surface area contributed by atoms with Gasteiger partial charge in [0.05, 0.1) is 0 Å². The van der Waals surface area contributed by atoms with Gasteiger partial charge in [0.25, 0.3) is 5.91 Å². The third-order valence-electron chi connectivity index (χ3n) is 3.23. The van der Waals surface area contributed by atoms with Crippen molar-refractivity contribution in [2.75, 3.05) is 5.73 Å². The van der Waals surface area contributed by atoms with Gasteiger partial charge in [-0.2, -0.15) is 0 Å². The second-order valence-corrected chi connectivity index (χ2v) is 4.65. The molecule has 1 amide bonds. The number of hydrogen-bond acceptors (Lipinski definition) is 4. The molecule has 0 spiro atoms. The van der Waals surface area contributed by atoms with E-state index in [0.29, 0.717) is 17.9 Å². The highest BCUT2D eigenvalue weighted by molar-refractivity contribution is 6.07. The number of amides is 1. The number of aromatic nitrogens is 2. The topological polar surface area (TPSA) is 80.9 Å². The number of nitrogen functional groups attached to an aromatic ring is 1. The Balaban J connectivity index is 1.87. The number of hydrogen-bond donors (Lipinski definition) is 2. The molecule has 21 heavy (non-hydrogen) atoms. The maximum atomic E-state index is 12.3. The lowest BCUT2D eigenvalue weighted by atomic mass is 10.1. The lowest BCUT2D eigenvalue weighted by Gasteiger charge is -2.08. The van der Waals surface area contributed by atoms with Crippen LogP contribution in [0.15, 0.2) is 55.0 Å². The molecule has 3 N–H and O–H groups in total. The van der Waals surface area contributed by atoms with E-state index in [4.69, 9.17) is 5.73 Å². The molecule has 0 unspecified atom stereocenters. The Labute approximate surface area is 121 Å². The van der Waals surface area contributed by atoms with Gasteiger partial charge in [-0.1, -0.05) is 18.2 Å². The molecule has 0 aliphatic carbocycles. The first-order chi connectivity index (χ1) is 10.3. The quantitative estimate of drug-likeness (QED) is 0.719. The van der Waals surface area contributed by atoms with Crippen LogP contribution in [0.5, 0.6) is 0 Å². The van der Waals surface area contributed by atoms with E-state index in [1.807, 2.05) is 30.3 Å². The summed E-state index contributed by atoms with van der Waals surface area (Å²) in [5.41, 5.74) is 7.87. The van der Waals surface area contributed by atoms with E-state index in [2.05, 4.69) is 15.3 Å². The molecule has 0 atom stereocenters. The number of pyridine rings is 2. The summed E-state index contributed by atoms with van der Waals surface area (Å²) in [4.78, 5) is 20.5. The molecule has 104 valence electrons. The summed E-state index contributed by atoms with van der Waals surface area (Å²) in [5.74, 6) is -0.227. The van der Waals surface area contributed by atoms with Crippen LogP contribution in [0.4, 0.5) is 5.69 Å². The highest BCUT2D eigenvalue weighted by atomic mass is 16.1. The lowest BCUT2D eigenvalue weighted by Crippen LogP contribution is -2.24. The number of nitrogens with zero attached hydrogens (tertiary/aromatic N) is 2. The van der Waals surface area contributed by atoms with Gasteiger partial charge in [-0.05, 0) is 23.8 Å². The van der Waals surface area contributed by atoms with Crippen LogP contribution in [-0.4, -0.2) is 15.9 Å². The zero-order valence-electron chi connectivity index (χ0n) is 11.3. The van der Waals surface area contributed by atoms with Gasteiger partial charge >= 0.3 is 0 Å². The van der Waals surface area contributed by atoms with Crippen LogP contribution in [0, 0.1) is 0 Å². The van der Waals surface area contributed by atoms with Crippen LogP contribution in [0.2, 0.25) is 0 Å². The molecule has 3 aromatic rings. The predicted molar refractivity (Wildman–Crippen MR) is 81.6 cm³/mol. The van der Waals surface area contributed by atoms with Crippen molar-refractivity contribution in [3.05, 3.63) is 66.2 Å². The van der Waals surface area contributed by atoms with Crippen molar-refractivity contribution in [3.8, 4) is 0 Å². The van der Waals surface area contributed by atoms with Gasteiger partial charge < -0.3 is 11.1 Å². The van der Waals surface area contributed by atoms with E-state index in [1.54, 1.807) is 24.7 Å². The molecule has 5 nitrogen and oxygen atoms in total. The minimum atomic E-state index is -0.227. The largest absolute Gasteiger partial charge is 0.398 e. The number of nitrogens with two attached hydrogens (primary N) is 1. The molecule has 0 saturated heterocycles. The third kappa shape index (κ3) is 2.67. The van der Waals surface area contributed by atoms with Crippen molar-refractivity contribution in [3.63, 3.8) is 0 Å². The number of nitrogens with one attached hydrogen (secondary N) is 1. The highest BCUT2D eigenvalue weighted by Crippen LogP contribution is 2.22. The Morgan fingerprint density at radius 2 is 2.00 bits per heavy atom. The Bertz CT molecular complexity index is 787. The van der Waals surface area contributed by atoms with Crippen LogP contribution in [0.1, 0.15) is 16.1 Å². The zero-order chi connectivity index (χ0) is 14.7. The van der Waals surface area contributed by atoms with Gasteiger partial charge in [0.15, 0.2) is 0 Å². The van der Waals surface area contributed by atoms with Crippen molar-refractivity contribution >= 4 is 22.4 Å². The standard InChI is InChI=1S/C16H14N4O/c17-14-5-1-4-13-12(14)6-8-19-15(13)16(21)20-10-11-3-2-7-18-9-11/h1-9H,10,17H2,(H,20,21). The maximum Gasteiger partial charge on any atom is 0.270 e. The van der Waals surface area contributed by atoms with Crippen LogP contribution in [0.25, 0.3) is 10.8 Å². The number of anilines is 1. The molecule has 0 bridgehead atoms. The second kappa shape index (κ2) is 5.58. The highest BCUT2D eigenvalue weighted by Gasteiger charge is 2.12. The van der Waals surface area contributed by atoms with Gasteiger partial charge in [-0.15, -0.1) is 0 Å². The number of fused-ring (bicyclic) bond motifs is 1. The van der Waals surface area contributed by atoms with Gasteiger partial charge in [0.2, 0.25) is 0 Å².